The zero-order valence-corrected chi connectivity index (χ0v) is 10.8. The second-order valence-corrected chi connectivity index (χ2v) is 3.79. The van der Waals surface area contributed by atoms with Gasteiger partial charge in [0.05, 0.1) is 11.8 Å². The maximum Gasteiger partial charge on any atom is 4.00 e. The summed E-state index contributed by atoms with van der Waals surface area (Å²) in [6.07, 6.45) is 1.11. The number of aliphatic carboxylic acids is 2. The number of carbonyl (C=O) groups excluding carboxylic acids is 4. The number of carbonyl (C=O) groups is 4. The molecule has 2 atom stereocenters. The van der Waals surface area contributed by atoms with E-state index in [0.29, 0.717) is 12.8 Å². The van der Waals surface area contributed by atoms with E-state index in [1.165, 1.54) is 0 Å². The van der Waals surface area contributed by atoms with Crippen LogP contribution in [0, 0.1) is 0 Å². The number of carboxylic acids is 2. The zero-order chi connectivity index (χ0) is 13.7. The fourth-order valence-corrected chi connectivity index (χ4v) is 1.47. The van der Waals surface area contributed by atoms with Crippen LogP contribution in [0.5, 0.6) is 0 Å². The Hall–Kier alpha value is -1.60. The smallest absolute Gasteiger partial charge is 0.646 e. The van der Waals surface area contributed by atoms with Gasteiger partial charge in [-0.25, -0.2) is 0 Å². The first-order valence-electron chi connectivity index (χ1n) is 5.29. The predicted octanol–water partition coefficient (Wildman–Crippen LogP) is -2.40. The Bertz CT molecular complexity index is 350. The molecule has 2 heterocycles. The van der Waals surface area contributed by atoms with E-state index in [4.69, 9.17) is 0 Å². The largest absolute Gasteiger partial charge is 4.00 e. The molecule has 0 aromatic heterocycles. The minimum absolute atomic E-state index is 0. The zero-order valence-electron chi connectivity index (χ0n) is 9.68. The Balaban J connectivity index is 0.000000324. The first kappa shape index (κ1) is 17.4. The minimum Gasteiger partial charge on any atom is -0.646 e. The molecule has 2 aliphatic heterocycles. The summed E-state index contributed by atoms with van der Waals surface area (Å²) < 4.78 is 0. The molecule has 9 heteroatoms. The number of hydrogen-bond acceptors (Lipinski definition) is 6. The molecule has 2 unspecified atom stereocenters. The van der Waals surface area contributed by atoms with Gasteiger partial charge in [-0.3, -0.25) is 0 Å². The average Bonchev–Trinajstić information content (AvgIpc) is 2.88. The summed E-state index contributed by atoms with van der Waals surface area (Å²) >= 11 is 0. The summed E-state index contributed by atoms with van der Waals surface area (Å²) in [5, 5.41) is 26.6. The molecule has 0 aromatic rings. The summed E-state index contributed by atoms with van der Waals surface area (Å²) in [4.78, 5) is 40.6. The van der Waals surface area contributed by atoms with Crippen LogP contribution in [0.25, 0.3) is 10.6 Å². The van der Waals surface area contributed by atoms with Crippen molar-refractivity contribution in [2.45, 2.75) is 37.8 Å². The van der Waals surface area contributed by atoms with Crippen molar-refractivity contribution >= 4 is 23.8 Å². The van der Waals surface area contributed by atoms with Crippen molar-refractivity contribution in [2.24, 2.45) is 0 Å². The first-order chi connectivity index (χ1) is 8.40. The van der Waals surface area contributed by atoms with Crippen molar-refractivity contribution in [2.75, 3.05) is 0 Å². The molecule has 0 spiro atoms. The second kappa shape index (κ2) is 7.75. The second-order valence-electron chi connectivity index (χ2n) is 3.79. The third-order valence-corrected chi connectivity index (χ3v) is 2.41. The van der Waals surface area contributed by atoms with Crippen LogP contribution in [0.1, 0.15) is 25.7 Å². The quantitative estimate of drug-likeness (QED) is 0.520. The number of rotatable bonds is 2. The Labute approximate surface area is 119 Å². The molecule has 2 amide bonds. The molecule has 2 fully saturated rings. The van der Waals surface area contributed by atoms with Crippen molar-refractivity contribution in [3.05, 3.63) is 10.6 Å². The van der Waals surface area contributed by atoms with Crippen molar-refractivity contribution in [1.82, 2.24) is 0 Å². The predicted molar refractivity (Wildman–Crippen MR) is 52.8 cm³/mol. The van der Waals surface area contributed by atoms with Gasteiger partial charge in [0.2, 0.25) is 0 Å². The topological polar surface area (TPSA) is 143 Å². The fourth-order valence-electron chi connectivity index (χ4n) is 1.47. The summed E-state index contributed by atoms with van der Waals surface area (Å²) in [7, 11) is 0. The van der Waals surface area contributed by atoms with Gasteiger partial charge in [0.15, 0.2) is 0 Å². The summed E-state index contributed by atoms with van der Waals surface area (Å²) in [6.45, 7) is 0. The summed E-state index contributed by atoms with van der Waals surface area (Å²) in [6, 6.07) is -1.75. The average molecular weight is 310 g/mol. The molecule has 0 aliphatic carbocycles. The van der Waals surface area contributed by atoms with Crippen molar-refractivity contribution in [3.8, 4) is 0 Å². The van der Waals surface area contributed by atoms with Gasteiger partial charge in [-0.05, 0) is 12.8 Å². The van der Waals surface area contributed by atoms with Gasteiger partial charge in [-0.15, -0.1) is 0 Å². The molecule has 2 rings (SSSR count). The monoisotopic (exact) mass is 310 g/mol. The van der Waals surface area contributed by atoms with Crippen molar-refractivity contribution < 1.29 is 46.5 Å². The molecule has 0 aromatic carbocycles. The standard InChI is InChI=1S/2C5H7NO3.Fe/c2*7-4-2-1-3(6-4)5(8)9;/h2*3H,1-2H2,(H2,6,7,8,9);/q;;+4/p-4. The molecular weight excluding hydrogens is 300 g/mol. The molecule has 0 bridgehead atoms. The summed E-state index contributed by atoms with van der Waals surface area (Å²) in [5.74, 6) is -3.16. The Kier molecular flexibility index (Phi) is 7.10. The van der Waals surface area contributed by atoms with E-state index in [0.717, 1.165) is 0 Å². The molecule has 19 heavy (non-hydrogen) atoms. The maximum absolute atomic E-state index is 10.3. The Morgan fingerprint density at radius 2 is 1.21 bits per heavy atom. The van der Waals surface area contributed by atoms with Gasteiger partial charge in [-0.2, -0.15) is 0 Å². The van der Waals surface area contributed by atoms with E-state index >= 15 is 0 Å². The van der Waals surface area contributed by atoms with Gasteiger partial charge in [0.1, 0.15) is 0 Å². The van der Waals surface area contributed by atoms with Crippen molar-refractivity contribution in [1.29, 1.82) is 0 Å². The fraction of sp³-hybridized carbons (Fsp3) is 0.600. The maximum atomic E-state index is 10.3. The van der Waals surface area contributed by atoms with Gasteiger partial charge in [0, 0.05) is 11.9 Å². The normalized spacial score (nSPS) is 24.4. The van der Waals surface area contributed by atoms with Crippen LogP contribution in [0.3, 0.4) is 0 Å². The van der Waals surface area contributed by atoms with Gasteiger partial charge >= 0.3 is 17.1 Å². The molecule has 0 N–H and O–H groups in total. The number of amides is 2. The minimum atomic E-state index is -1.25. The number of nitrogens with zero attached hydrogens (tertiary/aromatic N) is 2. The van der Waals surface area contributed by atoms with Gasteiger partial charge < -0.3 is 40.0 Å². The third kappa shape index (κ3) is 5.71. The van der Waals surface area contributed by atoms with E-state index in [1.54, 1.807) is 0 Å². The van der Waals surface area contributed by atoms with Crippen molar-refractivity contribution in [3.63, 3.8) is 0 Å². The molecule has 104 valence electrons. The van der Waals surface area contributed by atoms with E-state index < -0.39 is 24.0 Å². The molecule has 0 radical (unpaired) electrons. The molecular formula is C10H10FeN2O6. The van der Waals surface area contributed by atoms with E-state index in [-0.39, 0.29) is 41.7 Å². The SMILES string of the molecule is O=C1CCC(C(=O)[O-])[N-]1.O=C1CCC(C(=O)[O-])[N-]1.[Fe+4]. The molecule has 2 saturated heterocycles. The van der Waals surface area contributed by atoms with E-state index in [2.05, 4.69) is 10.6 Å². The Morgan fingerprint density at radius 1 is 0.895 bits per heavy atom. The molecule has 2 aliphatic rings. The number of hydrogen-bond donors (Lipinski definition) is 0. The Morgan fingerprint density at radius 3 is 1.32 bits per heavy atom. The summed E-state index contributed by atoms with van der Waals surface area (Å²) in [5.41, 5.74) is 0. The third-order valence-electron chi connectivity index (χ3n) is 2.41. The van der Waals surface area contributed by atoms with Gasteiger partial charge in [0.25, 0.3) is 0 Å². The van der Waals surface area contributed by atoms with Crippen LogP contribution in [-0.4, -0.2) is 35.8 Å². The van der Waals surface area contributed by atoms with Crippen LogP contribution in [-0.2, 0) is 36.2 Å². The molecule has 8 nitrogen and oxygen atoms in total. The van der Waals surface area contributed by atoms with E-state index in [9.17, 15) is 29.4 Å². The first-order valence-corrected chi connectivity index (χ1v) is 5.29. The van der Waals surface area contributed by atoms with Crippen LogP contribution < -0.4 is 10.2 Å². The van der Waals surface area contributed by atoms with Crippen LogP contribution >= 0.6 is 0 Å². The van der Waals surface area contributed by atoms with Crippen LogP contribution in [0.4, 0.5) is 0 Å². The van der Waals surface area contributed by atoms with Crippen LogP contribution in [0.15, 0.2) is 0 Å². The number of carboxylic acid groups (broad SMARTS) is 2. The van der Waals surface area contributed by atoms with E-state index in [1.807, 2.05) is 0 Å². The molecule has 0 saturated carbocycles. The van der Waals surface area contributed by atoms with Crippen LogP contribution in [0.2, 0.25) is 0 Å². The van der Waals surface area contributed by atoms with Gasteiger partial charge in [-0.1, -0.05) is 24.9 Å².